The minimum atomic E-state index is -4.49. The molecule has 0 radical (unpaired) electrons. The van der Waals surface area contributed by atoms with Crippen molar-refractivity contribution < 1.29 is 22.8 Å². The van der Waals surface area contributed by atoms with Crippen LogP contribution in [0.25, 0.3) is 0 Å². The number of hydrogen-bond donors (Lipinski definition) is 3. The maximum absolute atomic E-state index is 12.8. The van der Waals surface area contributed by atoms with Crippen molar-refractivity contribution in [3.05, 3.63) is 95.6 Å². The van der Waals surface area contributed by atoms with Crippen molar-refractivity contribution in [2.24, 2.45) is 0 Å². The number of benzene rings is 3. The van der Waals surface area contributed by atoms with Gasteiger partial charge in [0.25, 0.3) is 5.91 Å². The van der Waals surface area contributed by atoms with E-state index in [-0.39, 0.29) is 23.7 Å². The molecule has 0 aliphatic rings. The Morgan fingerprint density at radius 3 is 2.28 bits per heavy atom. The fourth-order valence-electron chi connectivity index (χ4n) is 2.98. The zero-order valence-electron chi connectivity index (χ0n) is 17.1. The molecular formula is C24H22F3N3O2. The summed E-state index contributed by atoms with van der Waals surface area (Å²) in [7, 11) is 0. The summed E-state index contributed by atoms with van der Waals surface area (Å²) >= 11 is 0. The Bertz CT molecular complexity index is 1070. The number of nitrogens with one attached hydrogen (secondary N) is 3. The van der Waals surface area contributed by atoms with E-state index in [1.165, 1.54) is 24.3 Å². The molecule has 3 aromatic rings. The van der Waals surface area contributed by atoms with Crippen molar-refractivity contribution in [2.75, 3.05) is 23.7 Å². The molecule has 5 nitrogen and oxygen atoms in total. The predicted octanol–water partition coefficient (Wildman–Crippen LogP) is 4.73. The number of hydrogen-bond acceptors (Lipinski definition) is 3. The fourth-order valence-corrected chi connectivity index (χ4v) is 2.98. The molecule has 32 heavy (non-hydrogen) atoms. The van der Waals surface area contributed by atoms with Crippen LogP contribution in [0.15, 0.2) is 78.9 Å². The quantitative estimate of drug-likeness (QED) is 0.473. The van der Waals surface area contributed by atoms with Crippen molar-refractivity contribution in [1.29, 1.82) is 0 Å². The third kappa shape index (κ3) is 6.87. The number of halogens is 3. The summed E-state index contributed by atoms with van der Waals surface area (Å²) < 4.78 is 38.5. The van der Waals surface area contributed by atoms with E-state index in [0.717, 1.165) is 24.1 Å². The monoisotopic (exact) mass is 441 g/mol. The second-order valence-corrected chi connectivity index (χ2v) is 7.05. The third-order valence-corrected chi connectivity index (χ3v) is 4.60. The van der Waals surface area contributed by atoms with E-state index in [0.29, 0.717) is 12.2 Å². The van der Waals surface area contributed by atoms with Crippen LogP contribution in [-0.4, -0.2) is 24.9 Å². The van der Waals surface area contributed by atoms with E-state index in [2.05, 4.69) is 16.0 Å². The molecule has 0 heterocycles. The van der Waals surface area contributed by atoms with E-state index in [9.17, 15) is 22.8 Å². The average Bonchev–Trinajstić information content (AvgIpc) is 2.78. The van der Waals surface area contributed by atoms with Crippen LogP contribution in [0.5, 0.6) is 0 Å². The third-order valence-electron chi connectivity index (χ3n) is 4.60. The van der Waals surface area contributed by atoms with Crippen molar-refractivity contribution in [3.63, 3.8) is 0 Å². The van der Waals surface area contributed by atoms with Crippen LogP contribution in [0.4, 0.5) is 24.5 Å². The van der Waals surface area contributed by atoms with Gasteiger partial charge in [0.2, 0.25) is 5.91 Å². The minimum absolute atomic E-state index is 0.0213. The van der Waals surface area contributed by atoms with Crippen LogP contribution < -0.4 is 16.0 Å². The summed E-state index contributed by atoms with van der Waals surface area (Å²) in [5.74, 6) is -0.750. The van der Waals surface area contributed by atoms with Gasteiger partial charge in [-0.3, -0.25) is 9.59 Å². The first-order valence-electron chi connectivity index (χ1n) is 9.94. The standard InChI is InChI=1S/C24H22F3N3O2/c25-24(26,27)19-9-5-11-21(15-19)30-23(32)18-8-4-10-20(14-18)29-16-22(31)28-13-12-17-6-2-1-3-7-17/h1-11,14-15,29H,12-13,16H2,(H,28,31)(H,30,32). The number of rotatable bonds is 8. The molecule has 3 N–H and O–H groups in total. The van der Waals surface area contributed by atoms with Gasteiger partial charge in [0.1, 0.15) is 0 Å². The molecule has 166 valence electrons. The van der Waals surface area contributed by atoms with Gasteiger partial charge in [-0.25, -0.2) is 0 Å². The molecule has 0 bridgehead atoms. The van der Waals surface area contributed by atoms with Crippen LogP contribution in [-0.2, 0) is 17.4 Å². The Kier molecular flexibility index (Phi) is 7.49. The van der Waals surface area contributed by atoms with Crippen LogP contribution in [0.2, 0.25) is 0 Å². The van der Waals surface area contributed by atoms with Gasteiger partial charge in [-0.05, 0) is 48.4 Å². The summed E-state index contributed by atoms with van der Waals surface area (Å²) in [5, 5.41) is 8.22. The highest BCUT2D eigenvalue weighted by atomic mass is 19.4. The smallest absolute Gasteiger partial charge is 0.376 e. The molecule has 0 aliphatic heterocycles. The highest BCUT2D eigenvalue weighted by Crippen LogP contribution is 2.30. The molecule has 3 rings (SSSR count). The van der Waals surface area contributed by atoms with E-state index >= 15 is 0 Å². The van der Waals surface area contributed by atoms with E-state index in [1.54, 1.807) is 12.1 Å². The van der Waals surface area contributed by atoms with Gasteiger partial charge >= 0.3 is 6.18 Å². The summed E-state index contributed by atoms with van der Waals surface area (Å²) in [6.07, 6.45) is -3.77. The Morgan fingerprint density at radius 2 is 1.53 bits per heavy atom. The number of alkyl halides is 3. The molecule has 3 aromatic carbocycles. The van der Waals surface area contributed by atoms with Crippen molar-refractivity contribution >= 4 is 23.2 Å². The average molecular weight is 441 g/mol. The zero-order chi connectivity index (χ0) is 23.0. The van der Waals surface area contributed by atoms with Crippen LogP contribution in [0.1, 0.15) is 21.5 Å². The highest BCUT2D eigenvalue weighted by molar-refractivity contribution is 6.04. The fraction of sp³-hybridized carbons (Fsp3) is 0.167. The van der Waals surface area contributed by atoms with Crippen molar-refractivity contribution in [3.8, 4) is 0 Å². The molecule has 0 saturated carbocycles. The van der Waals surface area contributed by atoms with E-state index in [1.807, 2.05) is 30.3 Å². The van der Waals surface area contributed by atoms with Crippen molar-refractivity contribution in [1.82, 2.24) is 5.32 Å². The lowest BCUT2D eigenvalue weighted by Crippen LogP contribution is -2.31. The second kappa shape index (κ2) is 10.5. The van der Waals surface area contributed by atoms with E-state index < -0.39 is 17.6 Å². The van der Waals surface area contributed by atoms with Gasteiger partial charge in [0.05, 0.1) is 12.1 Å². The SMILES string of the molecule is O=C(CNc1cccc(C(=O)Nc2cccc(C(F)(F)F)c2)c1)NCCc1ccccc1. The van der Waals surface area contributed by atoms with E-state index in [4.69, 9.17) is 0 Å². The molecule has 0 unspecified atom stereocenters. The summed E-state index contributed by atoms with van der Waals surface area (Å²) in [4.78, 5) is 24.5. The lowest BCUT2D eigenvalue weighted by Gasteiger charge is -2.11. The highest BCUT2D eigenvalue weighted by Gasteiger charge is 2.30. The predicted molar refractivity (Wildman–Crippen MR) is 117 cm³/mol. The normalized spacial score (nSPS) is 11.0. The van der Waals surface area contributed by atoms with Gasteiger partial charge in [0.15, 0.2) is 0 Å². The maximum atomic E-state index is 12.8. The largest absolute Gasteiger partial charge is 0.416 e. The summed E-state index contributed by atoms with van der Waals surface area (Å²) in [6, 6.07) is 20.6. The second-order valence-electron chi connectivity index (χ2n) is 7.05. The first-order valence-corrected chi connectivity index (χ1v) is 9.94. The molecule has 0 saturated heterocycles. The molecular weight excluding hydrogens is 419 g/mol. The molecule has 2 amide bonds. The first-order chi connectivity index (χ1) is 15.3. The Hall–Kier alpha value is -3.81. The lowest BCUT2D eigenvalue weighted by atomic mass is 10.1. The number of carbonyl (C=O) groups excluding carboxylic acids is 2. The minimum Gasteiger partial charge on any atom is -0.376 e. The Morgan fingerprint density at radius 1 is 0.812 bits per heavy atom. The van der Waals surface area contributed by atoms with Crippen LogP contribution in [0, 0.1) is 0 Å². The van der Waals surface area contributed by atoms with Crippen molar-refractivity contribution in [2.45, 2.75) is 12.6 Å². The van der Waals surface area contributed by atoms with Gasteiger partial charge in [-0.2, -0.15) is 13.2 Å². The van der Waals surface area contributed by atoms with Gasteiger partial charge in [-0.15, -0.1) is 0 Å². The first kappa shape index (κ1) is 22.9. The Balaban J connectivity index is 1.51. The number of anilines is 2. The van der Waals surface area contributed by atoms with Gasteiger partial charge in [0, 0.05) is 23.5 Å². The molecule has 0 fully saturated rings. The topological polar surface area (TPSA) is 70.2 Å². The number of carbonyl (C=O) groups is 2. The summed E-state index contributed by atoms with van der Waals surface area (Å²) in [6.45, 7) is 0.525. The van der Waals surface area contributed by atoms with Crippen LogP contribution in [0.3, 0.4) is 0 Å². The van der Waals surface area contributed by atoms with Crippen LogP contribution >= 0.6 is 0 Å². The molecule has 0 aromatic heterocycles. The lowest BCUT2D eigenvalue weighted by molar-refractivity contribution is -0.137. The van der Waals surface area contributed by atoms with Gasteiger partial charge in [-0.1, -0.05) is 42.5 Å². The molecule has 8 heteroatoms. The molecule has 0 aliphatic carbocycles. The van der Waals surface area contributed by atoms with Gasteiger partial charge < -0.3 is 16.0 Å². The molecule has 0 spiro atoms. The Labute approximate surface area is 183 Å². The number of amides is 2. The maximum Gasteiger partial charge on any atom is 0.416 e. The zero-order valence-corrected chi connectivity index (χ0v) is 17.1. The summed E-state index contributed by atoms with van der Waals surface area (Å²) in [5.41, 5.74) is 1.11. The molecule has 0 atom stereocenters.